The normalized spacial score (nSPS) is 26.2. The second-order valence-electron chi connectivity index (χ2n) is 8.04. The summed E-state index contributed by atoms with van der Waals surface area (Å²) in [5.41, 5.74) is 1.83. The Morgan fingerprint density at radius 3 is 2.38 bits per heavy atom. The lowest BCUT2D eigenvalue weighted by molar-refractivity contribution is -0.0782. The molecule has 3 heteroatoms. The van der Waals surface area contributed by atoms with Gasteiger partial charge in [-0.1, -0.05) is 42.5 Å². The average molecular weight is 355 g/mol. The van der Waals surface area contributed by atoms with Gasteiger partial charge in [-0.25, -0.2) is 4.39 Å². The van der Waals surface area contributed by atoms with Crippen LogP contribution in [0.3, 0.4) is 0 Å². The largest absolute Gasteiger partial charge is 0.388 e. The minimum Gasteiger partial charge on any atom is -0.388 e. The quantitative estimate of drug-likeness (QED) is 0.827. The van der Waals surface area contributed by atoms with Crippen LogP contribution in [0.4, 0.5) is 4.39 Å². The topological polar surface area (TPSA) is 23.5 Å². The van der Waals surface area contributed by atoms with Crippen molar-refractivity contribution >= 4 is 0 Å². The average Bonchev–Trinajstić information content (AvgIpc) is 2.64. The van der Waals surface area contributed by atoms with E-state index in [9.17, 15) is 9.50 Å². The lowest BCUT2D eigenvalue weighted by Gasteiger charge is -2.46. The second-order valence-corrected chi connectivity index (χ2v) is 8.04. The zero-order valence-electron chi connectivity index (χ0n) is 15.9. The number of halogens is 1. The number of aryl methyl sites for hydroxylation is 1. The predicted octanol–water partition coefficient (Wildman–Crippen LogP) is 4.46. The van der Waals surface area contributed by atoms with E-state index in [1.807, 2.05) is 18.2 Å². The summed E-state index contributed by atoms with van der Waals surface area (Å²) in [6.07, 6.45) is 5.49. The van der Waals surface area contributed by atoms with Gasteiger partial charge in [0.15, 0.2) is 0 Å². The van der Waals surface area contributed by atoms with Crippen molar-refractivity contribution in [3.63, 3.8) is 0 Å². The van der Waals surface area contributed by atoms with Crippen LogP contribution < -0.4 is 0 Å². The fourth-order valence-electron chi connectivity index (χ4n) is 4.40. The Kier molecular flexibility index (Phi) is 6.10. The summed E-state index contributed by atoms with van der Waals surface area (Å²) in [5.74, 6) is 0.351. The lowest BCUT2D eigenvalue weighted by atomic mass is 9.70. The van der Waals surface area contributed by atoms with Crippen LogP contribution >= 0.6 is 0 Å². The second kappa shape index (κ2) is 8.32. The summed E-state index contributed by atoms with van der Waals surface area (Å²) in [6.45, 7) is 0. The molecular formula is C23H30FNO. The molecule has 0 saturated heterocycles. The van der Waals surface area contributed by atoms with Gasteiger partial charge in [0, 0.05) is 6.04 Å². The molecule has 0 bridgehead atoms. The van der Waals surface area contributed by atoms with Crippen molar-refractivity contribution in [1.29, 1.82) is 0 Å². The summed E-state index contributed by atoms with van der Waals surface area (Å²) < 4.78 is 13.1. The first-order valence-corrected chi connectivity index (χ1v) is 9.63. The maximum Gasteiger partial charge on any atom is 0.123 e. The molecule has 0 aliphatic heterocycles. The van der Waals surface area contributed by atoms with Gasteiger partial charge in [0.2, 0.25) is 0 Å². The maximum atomic E-state index is 13.1. The number of hydrogen-bond donors (Lipinski definition) is 1. The highest BCUT2D eigenvalue weighted by molar-refractivity contribution is 5.18. The molecule has 0 spiro atoms. The van der Waals surface area contributed by atoms with E-state index in [4.69, 9.17) is 0 Å². The molecule has 2 aromatic carbocycles. The van der Waals surface area contributed by atoms with Crippen LogP contribution in [0.5, 0.6) is 0 Å². The Hall–Kier alpha value is -1.71. The molecule has 1 fully saturated rings. The Labute approximate surface area is 156 Å². The fourth-order valence-corrected chi connectivity index (χ4v) is 4.40. The lowest BCUT2D eigenvalue weighted by Crippen LogP contribution is -2.54. The Bertz CT molecular complexity index is 685. The van der Waals surface area contributed by atoms with Gasteiger partial charge in [-0.3, -0.25) is 0 Å². The molecule has 0 aromatic heterocycles. The van der Waals surface area contributed by atoms with E-state index in [2.05, 4.69) is 43.3 Å². The van der Waals surface area contributed by atoms with Crippen LogP contribution in [0, 0.1) is 11.7 Å². The summed E-state index contributed by atoms with van der Waals surface area (Å²) in [6, 6.07) is 17.4. The molecule has 3 unspecified atom stereocenters. The highest BCUT2D eigenvalue weighted by Crippen LogP contribution is 2.39. The Morgan fingerprint density at radius 2 is 1.73 bits per heavy atom. The molecule has 1 aliphatic rings. The van der Waals surface area contributed by atoms with E-state index in [0.717, 1.165) is 38.5 Å². The van der Waals surface area contributed by atoms with E-state index in [1.54, 1.807) is 0 Å². The van der Waals surface area contributed by atoms with Crippen LogP contribution in [-0.2, 0) is 12.8 Å². The van der Waals surface area contributed by atoms with Crippen LogP contribution in [0.25, 0.3) is 0 Å². The SMILES string of the molecule is CN(C)C1CC(Cc2ccc(F)cc2)CCC1(O)CCc1ccccc1. The third kappa shape index (κ3) is 4.72. The van der Waals surface area contributed by atoms with Crippen molar-refractivity contribution in [1.82, 2.24) is 4.90 Å². The van der Waals surface area contributed by atoms with Crippen molar-refractivity contribution in [2.75, 3.05) is 14.1 Å². The molecule has 3 rings (SSSR count). The number of benzene rings is 2. The molecule has 0 heterocycles. The monoisotopic (exact) mass is 355 g/mol. The first-order chi connectivity index (χ1) is 12.5. The Balaban J connectivity index is 1.64. The van der Waals surface area contributed by atoms with Crippen LogP contribution in [-0.4, -0.2) is 35.7 Å². The van der Waals surface area contributed by atoms with Gasteiger partial charge >= 0.3 is 0 Å². The van der Waals surface area contributed by atoms with E-state index >= 15 is 0 Å². The molecule has 1 saturated carbocycles. The zero-order valence-corrected chi connectivity index (χ0v) is 15.9. The molecule has 0 radical (unpaired) electrons. The first-order valence-electron chi connectivity index (χ1n) is 9.63. The van der Waals surface area contributed by atoms with Gasteiger partial charge in [0.25, 0.3) is 0 Å². The number of nitrogens with zero attached hydrogens (tertiary/aromatic N) is 1. The smallest absolute Gasteiger partial charge is 0.123 e. The minimum absolute atomic E-state index is 0.158. The summed E-state index contributed by atoms with van der Waals surface area (Å²) in [4.78, 5) is 2.18. The van der Waals surface area contributed by atoms with Crippen molar-refractivity contribution in [2.45, 2.75) is 50.2 Å². The van der Waals surface area contributed by atoms with Gasteiger partial charge < -0.3 is 10.0 Å². The van der Waals surface area contributed by atoms with Crippen molar-refractivity contribution in [2.24, 2.45) is 5.92 Å². The minimum atomic E-state index is -0.640. The molecule has 26 heavy (non-hydrogen) atoms. The number of hydrogen-bond acceptors (Lipinski definition) is 2. The maximum absolute atomic E-state index is 13.1. The number of rotatable bonds is 6. The molecule has 1 aliphatic carbocycles. The standard InChI is InChI=1S/C23H30FNO/c1-25(2)22-17-20(16-19-8-10-21(24)11-9-19)13-15-23(22,26)14-12-18-6-4-3-5-7-18/h3-11,20,22,26H,12-17H2,1-2H3. The van der Waals surface area contributed by atoms with Crippen molar-refractivity contribution in [3.05, 3.63) is 71.5 Å². The molecule has 140 valence electrons. The van der Waals surface area contributed by atoms with Gasteiger partial charge in [-0.15, -0.1) is 0 Å². The summed E-state index contributed by atoms with van der Waals surface area (Å²) in [5, 5.41) is 11.4. The third-order valence-corrected chi connectivity index (χ3v) is 5.91. The van der Waals surface area contributed by atoms with Crippen LogP contribution in [0.2, 0.25) is 0 Å². The molecule has 2 nitrogen and oxygen atoms in total. The molecule has 1 N–H and O–H groups in total. The van der Waals surface area contributed by atoms with E-state index in [0.29, 0.717) is 5.92 Å². The Morgan fingerprint density at radius 1 is 1.04 bits per heavy atom. The predicted molar refractivity (Wildman–Crippen MR) is 105 cm³/mol. The van der Waals surface area contributed by atoms with E-state index in [1.165, 1.54) is 23.3 Å². The molecular weight excluding hydrogens is 325 g/mol. The molecule has 3 atom stereocenters. The highest BCUT2D eigenvalue weighted by Gasteiger charge is 2.42. The molecule has 0 amide bonds. The summed E-state index contributed by atoms with van der Waals surface area (Å²) >= 11 is 0. The van der Waals surface area contributed by atoms with Gasteiger partial charge in [0.1, 0.15) is 5.82 Å². The number of aliphatic hydroxyl groups is 1. The van der Waals surface area contributed by atoms with Gasteiger partial charge in [-0.2, -0.15) is 0 Å². The summed E-state index contributed by atoms with van der Waals surface area (Å²) in [7, 11) is 4.14. The fraction of sp³-hybridized carbons (Fsp3) is 0.478. The van der Waals surface area contributed by atoms with Crippen LogP contribution in [0.15, 0.2) is 54.6 Å². The van der Waals surface area contributed by atoms with Crippen LogP contribution in [0.1, 0.15) is 36.8 Å². The molecule has 2 aromatic rings. The van der Waals surface area contributed by atoms with E-state index < -0.39 is 5.60 Å². The van der Waals surface area contributed by atoms with E-state index in [-0.39, 0.29) is 11.9 Å². The van der Waals surface area contributed by atoms with Gasteiger partial charge in [0.05, 0.1) is 5.60 Å². The number of likely N-dealkylation sites (N-methyl/N-ethyl adjacent to an activating group) is 1. The first kappa shape index (κ1) is 19.1. The van der Waals surface area contributed by atoms with Crippen molar-refractivity contribution < 1.29 is 9.50 Å². The zero-order chi connectivity index (χ0) is 18.6. The van der Waals surface area contributed by atoms with Crippen molar-refractivity contribution in [3.8, 4) is 0 Å². The third-order valence-electron chi connectivity index (χ3n) is 5.91. The van der Waals surface area contributed by atoms with Gasteiger partial charge in [-0.05, 0) is 81.8 Å². The highest BCUT2D eigenvalue weighted by atomic mass is 19.1.